The van der Waals surface area contributed by atoms with Crippen LogP contribution in [0.2, 0.25) is 0 Å². The maximum absolute atomic E-state index is 13.2. The Hall–Kier alpha value is -3.80. The number of hydrogen-bond acceptors (Lipinski definition) is 5. The fourth-order valence-electron chi connectivity index (χ4n) is 4.70. The number of hydrogen-bond donors (Lipinski definition) is 2. The Morgan fingerprint density at radius 2 is 1.91 bits per heavy atom. The number of para-hydroxylation sites is 2. The molecule has 6 heteroatoms. The first kappa shape index (κ1) is 21.1. The number of Topliss-reactive ketones (excluding diaryl/α,β-unsaturated/α-hetero) is 1. The first-order valence-electron chi connectivity index (χ1n) is 11.4. The molecule has 2 aliphatic rings. The molecule has 0 radical (unpaired) electrons. The molecule has 1 atom stereocenters. The third kappa shape index (κ3) is 4.16. The highest BCUT2D eigenvalue weighted by Gasteiger charge is 2.38. The van der Waals surface area contributed by atoms with E-state index < -0.39 is 6.04 Å². The second-order valence-corrected chi connectivity index (χ2v) is 8.46. The lowest BCUT2D eigenvalue weighted by molar-refractivity contribution is -0.117. The van der Waals surface area contributed by atoms with E-state index in [1.165, 1.54) is 5.56 Å². The SMILES string of the molecule is CCc1ccc(NC(=O)CN2c3ccccc3NC3=C(C(=O)CCC3)C2c2ccco2)cc1. The van der Waals surface area contributed by atoms with Crippen molar-refractivity contribution in [2.75, 3.05) is 22.1 Å². The average Bonchev–Trinajstić information content (AvgIpc) is 3.31. The van der Waals surface area contributed by atoms with Gasteiger partial charge in [-0.15, -0.1) is 0 Å². The number of anilines is 3. The summed E-state index contributed by atoms with van der Waals surface area (Å²) in [6, 6.07) is 19.0. The summed E-state index contributed by atoms with van der Waals surface area (Å²) >= 11 is 0. The van der Waals surface area contributed by atoms with Crippen molar-refractivity contribution in [3.05, 3.63) is 89.5 Å². The van der Waals surface area contributed by atoms with Crippen molar-refractivity contribution in [1.29, 1.82) is 0 Å². The number of carbonyl (C=O) groups is 2. The summed E-state index contributed by atoms with van der Waals surface area (Å²) in [4.78, 5) is 28.3. The molecule has 2 N–H and O–H groups in total. The number of ketones is 1. The van der Waals surface area contributed by atoms with E-state index in [9.17, 15) is 9.59 Å². The third-order valence-corrected chi connectivity index (χ3v) is 6.31. The van der Waals surface area contributed by atoms with Crippen LogP contribution in [0, 0.1) is 0 Å². The number of aryl methyl sites for hydroxylation is 1. The summed E-state index contributed by atoms with van der Waals surface area (Å²) in [7, 11) is 0. The van der Waals surface area contributed by atoms with Crippen molar-refractivity contribution in [1.82, 2.24) is 0 Å². The first-order chi connectivity index (χ1) is 16.1. The smallest absolute Gasteiger partial charge is 0.243 e. The van der Waals surface area contributed by atoms with Crippen LogP contribution in [0.1, 0.15) is 43.6 Å². The van der Waals surface area contributed by atoms with Gasteiger partial charge in [0, 0.05) is 23.4 Å². The van der Waals surface area contributed by atoms with E-state index in [0.29, 0.717) is 17.8 Å². The van der Waals surface area contributed by atoms with Crippen molar-refractivity contribution in [2.24, 2.45) is 0 Å². The molecular weight excluding hydrogens is 414 g/mol. The van der Waals surface area contributed by atoms with Gasteiger partial charge in [-0.2, -0.15) is 0 Å². The number of nitrogens with one attached hydrogen (secondary N) is 2. The molecule has 1 aliphatic heterocycles. The summed E-state index contributed by atoms with van der Waals surface area (Å²) < 4.78 is 5.81. The van der Waals surface area contributed by atoms with Gasteiger partial charge in [-0.3, -0.25) is 9.59 Å². The molecule has 33 heavy (non-hydrogen) atoms. The molecule has 1 amide bonds. The molecule has 0 fully saturated rings. The van der Waals surface area contributed by atoms with Crippen molar-refractivity contribution in [3.63, 3.8) is 0 Å². The molecule has 0 spiro atoms. The van der Waals surface area contributed by atoms with Gasteiger partial charge in [0.2, 0.25) is 5.91 Å². The van der Waals surface area contributed by atoms with Crippen LogP contribution in [0.3, 0.4) is 0 Å². The topological polar surface area (TPSA) is 74.6 Å². The molecule has 5 rings (SSSR count). The summed E-state index contributed by atoms with van der Waals surface area (Å²) in [5.41, 5.74) is 5.31. The van der Waals surface area contributed by atoms with Gasteiger partial charge in [-0.05, 0) is 61.2 Å². The van der Waals surface area contributed by atoms with Crippen molar-refractivity contribution in [3.8, 4) is 0 Å². The van der Waals surface area contributed by atoms with Crippen LogP contribution >= 0.6 is 0 Å². The normalized spacial score (nSPS) is 17.7. The number of fused-ring (bicyclic) bond motifs is 1. The summed E-state index contributed by atoms with van der Waals surface area (Å²) in [6.45, 7) is 2.17. The molecule has 1 aliphatic carbocycles. The fraction of sp³-hybridized carbons (Fsp3) is 0.259. The number of benzene rings is 2. The minimum atomic E-state index is -0.479. The number of allylic oxidation sites excluding steroid dienone is 1. The maximum Gasteiger partial charge on any atom is 0.243 e. The second-order valence-electron chi connectivity index (χ2n) is 8.46. The van der Waals surface area contributed by atoms with Crippen LogP contribution in [-0.2, 0) is 16.0 Å². The van der Waals surface area contributed by atoms with Crippen LogP contribution < -0.4 is 15.5 Å². The Morgan fingerprint density at radius 1 is 1.09 bits per heavy atom. The molecule has 2 aromatic carbocycles. The van der Waals surface area contributed by atoms with Crippen molar-refractivity contribution in [2.45, 2.75) is 38.6 Å². The molecule has 1 aromatic heterocycles. The predicted molar refractivity (Wildman–Crippen MR) is 129 cm³/mol. The fourth-order valence-corrected chi connectivity index (χ4v) is 4.70. The average molecular weight is 442 g/mol. The Kier molecular flexibility index (Phi) is 5.73. The van der Waals surface area contributed by atoms with Crippen molar-refractivity contribution < 1.29 is 14.0 Å². The zero-order chi connectivity index (χ0) is 22.8. The van der Waals surface area contributed by atoms with E-state index in [0.717, 1.165) is 42.0 Å². The third-order valence-electron chi connectivity index (χ3n) is 6.31. The molecule has 0 saturated carbocycles. The molecule has 168 valence electrons. The van der Waals surface area contributed by atoms with E-state index in [4.69, 9.17) is 4.42 Å². The van der Waals surface area contributed by atoms with Crippen LogP contribution in [0.25, 0.3) is 0 Å². The highest BCUT2D eigenvalue weighted by atomic mass is 16.3. The van der Waals surface area contributed by atoms with Gasteiger partial charge in [0.25, 0.3) is 0 Å². The number of furan rings is 1. The largest absolute Gasteiger partial charge is 0.467 e. The van der Waals surface area contributed by atoms with Crippen molar-refractivity contribution >= 4 is 28.8 Å². The zero-order valence-electron chi connectivity index (χ0n) is 18.6. The Morgan fingerprint density at radius 3 is 2.67 bits per heavy atom. The van der Waals surface area contributed by atoms with Gasteiger partial charge in [0.1, 0.15) is 11.8 Å². The predicted octanol–water partition coefficient (Wildman–Crippen LogP) is 5.46. The zero-order valence-corrected chi connectivity index (χ0v) is 18.6. The highest BCUT2D eigenvalue weighted by molar-refractivity contribution is 6.02. The molecular formula is C27H27N3O3. The minimum Gasteiger partial charge on any atom is -0.467 e. The van der Waals surface area contributed by atoms with Crippen LogP contribution in [0.5, 0.6) is 0 Å². The lowest BCUT2D eigenvalue weighted by atomic mass is 9.88. The van der Waals surface area contributed by atoms with E-state index in [-0.39, 0.29) is 18.2 Å². The van der Waals surface area contributed by atoms with Gasteiger partial charge < -0.3 is 20.0 Å². The highest BCUT2D eigenvalue weighted by Crippen LogP contribution is 2.44. The Bertz CT molecular complexity index is 1200. The molecule has 2 heterocycles. The van der Waals surface area contributed by atoms with Crippen LogP contribution in [0.15, 0.2) is 82.6 Å². The molecule has 0 bridgehead atoms. The quantitative estimate of drug-likeness (QED) is 0.550. The van der Waals surface area contributed by atoms with Gasteiger partial charge in [0.05, 0.1) is 24.2 Å². The summed E-state index contributed by atoms with van der Waals surface area (Å²) in [5, 5.41) is 6.50. The van der Waals surface area contributed by atoms with E-state index in [1.54, 1.807) is 6.26 Å². The lowest BCUT2D eigenvalue weighted by Gasteiger charge is -2.33. The monoisotopic (exact) mass is 441 g/mol. The maximum atomic E-state index is 13.2. The Labute approximate surface area is 193 Å². The van der Waals surface area contributed by atoms with Gasteiger partial charge in [-0.25, -0.2) is 0 Å². The number of rotatable bonds is 5. The second kappa shape index (κ2) is 8.98. The molecule has 6 nitrogen and oxygen atoms in total. The number of nitrogens with zero attached hydrogens (tertiary/aromatic N) is 1. The number of carbonyl (C=O) groups excluding carboxylic acids is 2. The molecule has 0 saturated heterocycles. The summed E-state index contributed by atoms with van der Waals surface area (Å²) in [5.74, 6) is 0.591. The van der Waals surface area contributed by atoms with Gasteiger partial charge >= 0.3 is 0 Å². The minimum absolute atomic E-state index is 0.0731. The van der Waals surface area contributed by atoms with Crippen LogP contribution in [-0.4, -0.2) is 18.2 Å². The standard InChI is InChI=1S/C27H27N3O3/c1-2-18-12-14-19(15-13-18)28-25(32)17-30-22-9-4-3-7-20(22)29-21-8-5-10-23(31)26(21)27(30)24-11-6-16-33-24/h3-4,6-7,9,11-16,27,29H,2,5,8,10,17H2,1H3,(H,28,32). The van der Waals surface area contributed by atoms with E-state index in [1.807, 2.05) is 65.6 Å². The van der Waals surface area contributed by atoms with E-state index >= 15 is 0 Å². The lowest BCUT2D eigenvalue weighted by Crippen LogP contribution is -2.38. The first-order valence-corrected chi connectivity index (χ1v) is 11.4. The number of amides is 1. The van der Waals surface area contributed by atoms with Gasteiger partial charge in [-0.1, -0.05) is 31.2 Å². The van der Waals surface area contributed by atoms with Gasteiger partial charge in [0.15, 0.2) is 5.78 Å². The van der Waals surface area contributed by atoms with Crippen LogP contribution in [0.4, 0.5) is 17.1 Å². The molecule has 3 aromatic rings. The molecule has 1 unspecified atom stereocenters. The summed E-state index contributed by atoms with van der Waals surface area (Å²) in [6.07, 6.45) is 4.66. The van der Waals surface area contributed by atoms with E-state index in [2.05, 4.69) is 17.6 Å². The Balaban J connectivity index is 1.54.